The number of fused-ring (bicyclic) bond motifs is 4. The van der Waals surface area contributed by atoms with Crippen molar-refractivity contribution in [2.45, 2.75) is 0 Å². The van der Waals surface area contributed by atoms with Gasteiger partial charge in [-0.3, -0.25) is 9.80 Å². The number of para-hydroxylation sites is 5. The highest BCUT2D eigenvalue weighted by atomic mass is 15.3. The largest absolute Gasteiger partial charge is 0.309 e. The van der Waals surface area contributed by atoms with Crippen molar-refractivity contribution in [2.24, 2.45) is 0 Å². The molecule has 6 nitrogen and oxygen atoms in total. The molecule has 10 rings (SSSR count). The minimum absolute atomic E-state index is 0.502. The van der Waals surface area contributed by atoms with Gasteiger partial charge in [-0.25, -0.2) is 0 Å². The van der Waals surface area contributed by atoms with E-state index in [9.17, 15) is 0 Å². The van der Waals surface area contributed by atoms with Crippen LogP contribution < -0.4 is 9.80 Å². The zero-order chi connectivity index (χ0) is 36.6. The van der Waals surface area contributed by atoms with E-state index in [0.717, 1.165) is 61.2 Å². The molecule has 0 radical (unpaired) electrons. The second kappa shape index (κ2) is 13.8. The normalized spacial score (nSPS) is 11.3. The SMILES string of the molecule is c1ccc(N(c2ccccc2)c2nc(-c3ccc4c5ccccc5n(-c5ccccc5)c4c3)nc(N(c3ccccc3)c3cccc4ccccc34)n2)cc1. The van der Waals surface area contributed by atoms with E-state index in [-0.39, 0.29) is 0 Å². The number of aromatic nitrogens is 4. The zero-order valence-corrected chi connectivity index (χ0v) is 29.8. The molecule has 0 aliphatic rings. The summed E-state index contributed by atoms with van der Waals surface area (Å²) in [5.41, 5.74) is 7.97. The van der Waals surface area contributed by atoms with Crippen LogP contribution >= 0.6 is 0 Å². The Morgan fingerprint density at radius 2 is 0.873 bits per heavy atom. The van der Waals surface area contributed by atoms with Gasteiger partial charge in [0.25, 0.3) is 0 Å². The van der Waals surface area contributed by atoms with Gasteiger partial charge in [0, 0.05) is 44.5 Å². The average Bonchev–Trinajstić information content (AvgIpc) is 3.59. The highest BCUT2D eigenvalue weighted by molar-refractivity contribution is 6.10. The highest BCUT2D eigenvalue weighted by Gasteiger charge is 2.24. The predicted molar refractivity (Wildman–Crippen MR) is 226 cm³/mol. The molecule has 0 spiro atoms. The fraction of sp³-hybridized carbons (Fsp3) is 0. The second-order valence-electron chi connectivity index (χ2n) is 13.4. The summed E-state index contributed by atoms with van der Waals surface area (Å²) in [4.78, 5) is 20.3. The van der Waals surface area contributed by atoms with Crippen LogP contribution in [-0.2, 0) is 0 Å². The molecule has 55 heavy (non-hydrogen) atoms. The fourth-order valence-electron chi connectivity index (χ4n) is 7.52. The number of benzene rings is 8. The van der Waals surface area contributed by atoms with E-state index in [1.807, 2.05) is 54.6 Å². The Labute approximate surface area is 318 Å². The topological polar surface area (TPSA) is 50.1 Å². The van der Waals surface area contributed by atoms with Crippen LogP contribution in [0.25, 0.3) is 49.7 Å². The Morgan fingerprint density at radius 3 is 1.55 bits per heavy atom. The molecule has 8 aromatic carbocycles. The smallest absolute Gasteiger partial charge is 0.240 e. The summed E-state index contributed by atoms with van der Waals surface area (Å²) in [5.74, 6) is 1.56. The molecule has 10 aromatic rings. The predicted octanol–water partition coefficient (Wildman–Crippen LogP) is 12.7. The lowest BCUT2D eigenvalue weighted by Gasteiger charge is -2.28. The molecule has 0 bridgehead atoms. The van der Waals surface area contributed by atoms with Gasteiger partial charge in [-0.2, -0.15) is 15.0 Å². The maximum absolute atomic E-state index is 5.36. The van der Waals surface area contributed by atoms with E-state index >= 15 is 0 Å². The van der Waals surface area contributed by atoms with Crippen LogP contribution in [0.5, 0.6) is 0 Å². The second-order valence-corrected chi connectivity index (χ2v) is 13.4. The molecule has 0 saturated carbocycles. The average molecular weight is 707 g/mol. The number of rotatable bonds is 8. The molecule has 0 saturated heterocycles. The molecule has 0 fully saturated rings. The van der Waals surface area contributed by atoms with Crippen LogP contribution in [0.4, 0.5) is 34.6 Å². The van der Waals surface area contributed by atoms with E-state index in [0.29, 0.717) is 17.7 Å². The Morgan fingerprint density at radius 1 is 0.364 bits per heavy atom. The van der Waals surface area contributed by atoms with E-state index in [1.54, 1.807) is 0 Å². The van der Waals surface area contributed by atoms with Crippen molar-refractivity contribution in [1.82, 2.24) is 19.5 Å². The first kappa shape index (κ1) is 32.1. The third-order valence-electron chi connectivity index (χ3n) is 10.0. The molecular weight excluding hydrogens is 673 g/mol. The highest BCUT2D eigenvalue weighted by Crippen LogP contribution is 2.41. The maximum Gasteiger partial charge on any atom is 0.240 e. The van der Waals surface area contributed by atoms with E-state index in [1.165, 1.54) is 5.39 Å². The number of hydrogen-bond acceptors (Lipinski definition) is 5. The lowest BCUT2D eigenvalue weighted by atomic mass is 10.1. The first-order chi connectivity index (χ1) is 27.3. The first-order valence-electron chi connectivity index (χ1n) is 18.4. The van der Waals surface area contributed by atoms with Crippen molar-refractivity contribution in [3.63, 3.8) is 0 Å². The molecule has 0 unspecified atom stereocenters. The Bertz CT molecular complexity index is 2880. The van der Waals surface area contributed by atoms with Gasteiger partial charge in [0.15, 0.2) is 5.82 Å². The minimum atomic E-state index is 0.502. The van der Waals surface area contributed by atoms with Gasteiger partial charge >= 0.3 is 0 Å². The van der Waals surface area contributed by atoms with Gasteiger partial charge in [-0.15, -0.1) is 0 Å². The number of nitrogens with zero attached hydrogens (tertiary/aromatic N) is 6. The molecule has 2 aromatic heterocycles. The van der Waals surface area contributed by atoms with Crippen molar-refractivity contribution in [2.75, 3.05) is 9.80 Å². The van der Waals surface area contributed by atoms with Crippen molar-refractivity contribution in [1.29, 1.82) is 0 Å². The first-order valence-corrected chi connectivity index (χ1v) is 18.4. The van der Waals surface area contributed by atoms with Gasteiger partial charge in [0.2, 0.25) is 11.9 Å². The van der Waals surface area contributed by atoms with Gasteiger partial charge in [-0.05, 0) is 72.1 Å². The summed E-state index contributed by atoms with van der Waals surface area (Å²) >= 11 is 0. The molecule has 0 atom stereocenters. The summed E-state index contributed by atoms with van der Waals surface area (Å²) in [6.45, 7) is 0. The molecule has 0 N–H and O–H groups in total. The molecule has 0 aliphatic heterocycles. The van der Waals surface area contributed by atoms with Crippen LogP contribution in [0, 0.1) is 0 Å². The quantitative estimate of drug-likeness (QED) is 0.157. The maximum atomic E-state index is 5.36. The Kier molecular flexibility index (Phi) is 8.04. The Balaban J connectivity index is 1.27. The van der Waals surface area contributed by atoms with Gasteiger partial charge < -0.3 is 4.57 Å². The monoisotopic (exact) mass is 706 g/mol. The van der Waals surface area contributed by atoms with Gasteiger partial charge in [0.1, 0.15) is 0 Å². The number of hydrogen-bond donors (Lipinski definition) is 0. The summed E-state index contributed by atoms with van der Waals surface area (Å²) in [7, 11) is 0. The van der Waals surface area contributed by atoms with Crippen molar-refractivity contribution in [3.05, 3.63) is 206 Å². The van der Waals surface area contributed by atoms with Crippen LogP contribution in [-0.4, -0.2) is 19.5 Å². The summed E-state index contributed by atoms with van der Waals surface area (Å²) < 4.78 is 2.32. The molecule has 0 amide bonds. The standard InChI is InChI=1S/C49H34N6/c1-5-20-37(21-6-1)53(38-22-7-2-8-23-38)48-50-47(36-32-33-43-42-29-15-16-30-45(42)54(46(43)34-36)39-24-9-3-10-25-39)51-49(52-48)55(40-26-11-4-12-27-40)44-31-17-19-35-18-13-14-28-41(35)44/h1-34H. The van der Waals surface area contributed by atoms with Crippen LogP contribution in [0.15, 0.2) is 206 Å². The Hall–Kier alpha value is -7.57. The summed E-state index contributed by atoms with van der Waals surface area (Å²) in [6, 6.07) is 71.3. The van der Waals surface area contributed by atoms with Gasteiger partial charge in [-0.1, -0.05) is 140 Å². The van der Waals surface area contributed by atoms with Gasteiger partial charge in [0.05, 0.1) is 16.7 Å². The fourth-order valence-corrected chi connectivity index (χ4v) is 7.52. The molecule has 2 heterocycles. The summed E-state index contributed by atoms with van der Waals surface area (Å²) in [5, 5.41) is 4.57. The third kappa shape index (κ3) is 5.83. The lowest BCUT2D eigenvalue weighted by Crippen LogP contribution is -2.19. The summed E-state index contributed by atoms with van der Waals surface area (Å²) in [6.07, 6.45) is 0. The van der Waals surface area contributed by atoms with Crippen molar-refractivity contribution < 1.29 is 0 Å². The molecule has 0 aliphatic carbocycles. The van der Waals surface area contributed by atoms with E-state index in [4.69, 9.17) is 15.0 Å². The van der Waals surface area contributed by atoms with Crippen LogP contribution in [0.3, 0.4) is 0 Å². The van der Waals surface area contributed by atoms with Crippen molar-refractivity contribution >= 4 is 67.2 Å². The molecular formula is C49H34N6. The number of anilines is 6. The lowest BCUT2D eigenvalue weighted by molar-refractivity contribution is 0.990. The molecule has 260 valence electrons. The van der Waals surface area contributed by atoms with E-state index in [2.05, 4.69) is 166 Å². The van der Waals surface area contributed by atoms with E-state index < -0.39 is 0 Å². The minimum Gasteiger partial charge on any atom is -0.309 e. The van der Waals surface area contributed by atoms with Crippen LogP contribution in [0.1, 0.15) is 0 Å². The zero-order valence-electron chi connectivity index (χ0n) is 29.8. The van der Waals surface area contributed by atoms with Crippen LogP contribution in [0.2, 0.25) is 0 Å². The van der Waals surface area contributed by atoms with Crippen molar-refractivity contribution in [3.8, 4) is 17.1 Å². The third-order valence-corrected chi connectivity index (χ3v) is 10.0. The molecule has 6 heteroatoms.